The number of carbonyl (C=O) groups is 2. The number of nitrogens with zero attached hydrogens (tertiary/aromatic N) is 2. The van der Waals surface area contributed by atoms with E-state index in [1.165, 1.54) is 23.9 Å². The smallest absolute Gasteiger partial charge is 0.232 e. The number of piperidine rings is 1. The normalized spacial score (nSPS) is 15.4. The van der Waals surface area contributed by atoms with Crippen LogP contribution < -0.4 is 0 Å². The van der Waals surface area contributed by atoms with Crippen LogP contribution in [0, 0.1) is 17.6 Å². The first-order valence-corrected chi connectivity index (χ1v) is 12.0. The number of thioether (sulfide) groups is 1. The Balaban J connectivity index is 1.62. The average Bonchev–Trinajstić information content (AvgIpc) is 2.82. The number of likely N-dealkylation sites (N-methyl/N-ethyl adjacent to an activating group) is 1. The Labute approximate surface area is 193 Å². The van der Waals surface area contributed by atoms with Crippen molar-refractivity contribution in [3.8, 4) is 0 Å². The van der Waals surface area contributed by atoms with Crippen LogP contribution in [-0.4, -0.2) is 53.5 Å². The maximum atomic E-state index is 14.3. The number of hydrogen-bond donors (Lipinski definition) is 0. The Hall–Kier alpha value is -2.41. The monoisotopic (exact) mass is 460 g/mol. The molecule has 0 bridgehead atoms. The second-order valence-corrected chi connectivity index (χ2v) is 9.23. The molecule has 1 saturated heterocycles. The fourth-order valence-corrected chi connectivity index (χ4v) is 5.08. The lowest BCUT2D eigenvalue weighted by molar-refractivity contribution is -0.135. The van der Waals surface area contributed by atoms with Crippen molar-refractivity contribution < 1.29 is 18.4 Å². The van der Waals surface area contributed by atoms with Crippen molar-refractivity contribution in [1.82, 2.24) is 9.80 Å². The molecule has 0 aliphatic carbocycles. The van der Waals surface area contributed by atoms with Gasteiger partial charge in [-0.25, -0.2) is 8.78 Å². The fourth-order valence-electron chi connectivity index (χ4n) is 4.25. The summed E-state index contributed by atoms with van der Waals surface area (Å²) in [7, 11) is 1.76. The first-order valence-electron chi connectivity index (χ1n) is 11.0. The van der Waals surface area contributed by atoms with E-state index in [2.05, 4.69) is 0 Å². The van der Waals surface area contributed by atoms with E-state index in [9.17, 15) is 18.4 Å². The molecule has 1 atom stereocenters. The van der Waals surface area contributed by atoms with E-state index in [1.54, 1.807) is 18.9 Å². The molecule has 3 rings (SSSR count). The summed E-state index contributed by atoms with van der Waals surface area (Å²) >= 11 is 1.53. The van der Waals surface area contributed by atoms with E-state index < -0.39 is 11.6 Å². The number of halogens is 2. The van der Waals surface area contributed by atoms with Crippen molar-refractivity contribution in [2.45, 2.75) is 43.5 Å². The van der Waals surface area contributed by atoms with Crippen LogP contribution in [0.25, 0.3) is 0 Å². The molecule has 7 heteroatoms. The van der Waals surface area contributed by atoms with Crippen LogP contribution >= 0.6 is 11.8 Å². The molecule has 0 spiro atoms. The zero-order valence-corrected chi connectivity index (χ0v) is 19.4. The van der Waals surface area contributed by atoms with Gasteiger partial charge < -0.3 is 9.80 Å². The fraction of sp³-hybridized carbons (Fsp3) is 0.440. The molecule has 172 valence electrons. The molecule has 4 nitrogen and oxygen atoms in total. The SMILES string of the molecule is CCC(=O)N(C)[C@@H](Cc1ccc(F)cc1F)C1CCN(C(=O)CSc2ccccc2)CC1. The Morgan fingerprint density at radius 2 is 1.81 bits per heavy atom. The van der Waals surface area contributed by atoms with Gasteiger partial charge in [0.15, 0.2) is 0 Å². The highest BCUT2D eigenvalue weighted by atomic mass is 32.2. The summed E-state index contributed by atoms with van der Waals surface area (Å²) in [5, 5.41) is 0. The molecular formula is C25H30F2N2O2S. The van der Waals surface area contributed by atoms with Gasteiger partial charge in [0.2, 0.25) is 11.8 Å². The molecule has 0 saturated carbocycles. The van der Waals surface area contributed by atoms with Crippen molar-refractivity contribution in [1.29, 1.82) is 0 Å². The molecule has 1 fully saturated rings. The summed E-state index contributed by atoms with van der Waals surface area (Å²) in [5.41, 5.74) is 0.407. The number of likely N-dealkylation sites (tertiary alicyclic amines) is 1. The number of benzene rings is 2. The number of rotatable bonds is 8. The van der Waals surface area contributed by atoms with Crippen molar-refractivity contribution in [3.05, 3.63) is 65.7 Å². The molecule has 1 heterocycles. The Bertz CT molecular complexity index is 917. The second kappa shape index (κ2) is 11.5. The number of amides is 2. The Morgan fingerprint density at radius 3 is 2.44 bits per heavy atom. The van der Waals surface area contributed by atoms with E-state index in [0.29, 0.717) is 37.2 Å². The van der Waals surface area contributed by atoms with Gasteiger partial charge in [0.05, 0.1) is 5.75 Å². The highest BCUT2D eigenvalue weighted by Crippen LogP contribution is 2.28. The molecule has 0 radical (unpaired) electrons. The number of carbonyl (C=O) groups excluding carboxylic acids is 2. The lowest BCUT2D eigenvalue weighted by atomic mass is 9.84. The van der Waals surface area contributed by atoms with Crippen LogP contribution in [-0.2, 0) is 16.0 Å². The third-order valence-electron chi connectivity index (χ3n) is 6.18. The third-order valence-corrected chi connectivity index (χ3v) is 7.18. The first-order chi connectivity index (χ1) is 15.4. The molecule has 2 aromatic rings. The first kappa shape index (κ1) is 24.2. The minimum absolute atomic E-state index is 0.00436. The number of hydrogen-bond acceptors (Lipinski definition) is 3. The molecule has 2 aromatic carbocycles. The summed E-state index contributed by atoms with van der Waals surface area (Å²) in [6.45, 7) is 3.05. The zero-order valence-electron chi connectivity index (χ0n) is 18.6. The van der Waals surface area contributed by atoms with E-state index in [1.807, 2.05) is 35.2 Å². The second-order valence-electron chi connectivity index (χ2n) is 8.19. The van der Waals surface area contributed by atoms with Gasteiger partial charge in [0.25, 0.3) is 0 Å². The molecule has 0 unspecified atom stereocenters. The predicted molar refractivity (Wildman–Crippen MR) is 123 cm³/mol. The quantitative estimate of drug-likeness (QED) is 0.533. The molecule has 32 heavy (non-hydrogen) atoms. The third kappa shape index (κ3) is 6.31. The summed E-state index contributed by atoms with van der Waals surface area (Å²) < 4.78 is 27.6. The van der Waals surface area contributed by atoms with Crippen molar-refractivity contribution in [3.63, 3.8) is 0 Å². The lowest BCUT2D eigenvalue weighted by Gasteiger charge is -2.40. The van der Waals surface area contributed by atoms with E-state index in [4.69, 9.17) is 0 Å². The largest absolute Gasteiger partial charge is 0.342 e. The van der Waals surface area contributed by atoms with Gasteiger partial charge in [0.1, 0.15) is 11.6 Å². The molecular weight excluding hydrogens is 430 g/mol. The lowest BCUT2D eigenvalue weighted by Crippen LogP contribution is -2.48. The zero-order chi connectivity index (χ0) is 23.1. The van der Waals surface area contributed by atoms with Crippen LogP contribution in [0.1, 0.15) is 31.7 Å². The highest BCUT2D eigenvalue weighted by molar-refractivity contribution is 8.00. The van der Waals surface area contributed by atoms with Gasteiger partial charge in [-0.1, -0.05) is 31.2 Å². The summed E-state index contributed by atoms with van der Waals surface area (Å²) in [6.07, 6.45) is 2.19. The standard InChI is InChI=1S/C25H30F2N2O2S/c1-3-24(30)28(2)23(15-19-9-10-20(26)16-22(19)27)18-11-13-29(14-12-18)25(31)17-32-21-7-5-4-6-8-21/h4-10,16,18,23H,3,11-15,17H2,1-2H3/t23-/m0/s1. The van der Waals surface area contributed by atoms with Crippen molar-refractivity contribution in [2.75, 3.05) is 25.9 Å². The van der Waals surface area contributed by atoms with Gasteiger partial charge in [-0.05, 0) is 48.9 Å². The predicted octanol–water partition coefficient (Wildman–Crippen LogP) is 4.78. The molecule has 2 amide bonds. The average molecular weight is 461 g/mol. The van der Waals surface area contributed by atoms with Crippen LogP contribution in [0.3, 0.4) is 0 Å². The molecule has 1 aliphatic heterocycles. The minimum Gasteiger partial charge on any atom is -0.342 e. The van der Waals surface area contributed by atoms with Crippen molar-refractivity contribution in [2.24, 2.45) is 5.92 Å². The van der Waals surface area contributed by atoms with Gasteiger partial charge in [-0.15, -0.1) is 11.8 Å². The molecule has 0 N–H and O–H groups in total. The van der Waals surface area contributed by atoms with Crippen LogP contribution in [0.5, 0.6) is 0 Å². The van der Waals surface area contributed by atoms with Crippen LogP contribution in [0.4, 0.5) is 8.78 Å². The minimum atomic E-state index is -0.610. The highest BCUT2D eigenvalue weighted by Gasteiger charge is 2.32. The summed E-state index contributed by atoms with van der Waals surface area (Å²) in [5.74, 6) is -0.552. The maximum absolute atomic E-state index is 14.3. The molecule has 0 aromatic heterocycles. The van der Waals surface area contributed by atoms with E-state index in [-0.39, 0.29) is 23.8 Å². The summed E-state index contributed by atoms with van der Waals surface area (Å²) in [6, 6.07) is 13.2. The Morgan fingerprint density at radius 1 is 1.12 bits per heavy atom. The Kier molecular flexibility index (Phi) is 8.67. The van der Waals surface area contributed by atoms with Crippen LogP contribution in [0.15, 0.2) is 53.4 Å². The van der Waals surface area contributed by atoms with Gasteiger partial charge in [-0.3, -0.25) is 9.59 Å². The van der Waals surface area contributed by atoms with Crippen molar-refractivity contribution >= 4 is 23.6 Å². The molecule has 1 aliphatic rings. The summed E-state index contributed by atoms with van der Waals surface area (Å²) in [4.78, 5) is 29.7. The van der Waals surface area contributed by atoms with Gasteiger partial charge >= 0.3 is 0 Å². The van der Waals surface area contributed by atoms with E-state index in [0.717, 1.165) is 23.8 Å². The van der Waals surface area contributed by atoms with Gasteiger partial charge in [-0.2, -0.15) is 0 Å². The van der Waals surface area contributed by atoms with Crippen LogP contribution in [0.2, 0.25) is 0 Å². The topological polar surface area (TPSA) is 40.6 Å². The van der Waals surface area contributed by atoms with E-state index >= 15 is 0 Å². The van der Waals surface area contributed by atoms with Gasteiger partial charge in [0, 0.05) is 43.6 Å². The maximum Gasteiger partial charge on any atom is 0.232 e.